The molecule has 0 amide bonds. The fourth-order valence-electron chi connectivity index (χ4n) is 7.32. The van der Waals surface area contributed by atoms with Crippen molar-refractivity contribution in [2.75, 3.05) is 42.7 Å². The van der Waals surface area contributed by atoms with Crippen LogP contribution in [0.4, 0.5) is 0 Å². The quantitative estimate of drug-likeness (QED) is 0.0624. The number of hydrogen-bond acceptors (Lipinski definition) is 13. The van der Waals surface area contributed by atoms with Gasteiger partial charge in [0, 0.05) is 54.0 Å². The summed E-state index contributed by atoms with van der Waals surface area (Å²) in [4.78, 5) is 77.1. The van der Waals surface area contributed by atoms with E-state index in [9.17, 15) is 33.6 Å². The Hall–Kier alpha value is -8.13. The average Bonchev–Trinajstić information content (AvgIpc) is 3.47. The molecule has 0 radical (unpaired) electrons. The monoisotopic (exact) mass is 1080 g/mol. The van der Waals surface area contributed by atoms with Crippen molar-refractivity contribution in [1.29, 1.82) is 0 Å². The number of ketones is 7. The molecule has 13 heteroatoms. The van der Waals surface area contributed by atoms with Crippen LogP contribution in [-0.4, -0.2) is 95.3 Å². The number of ether oxygens (including phenoxy) is 6. The van der Waals surface area contributed by atoms with Gasteiger partial charge in [-0.2, -0.15) is 0 Å². The van der Waals surface area contributed by atoms with E-state index in [1.54, 1.807) is 80.8 Å². The van der Waals surface area contributed by atoms with Crippen LogP contribution >= 0.6 is 0 Å². The second kappa shape index (κ2) is 36.8. The van der Waals surface area contributed by atoms with Crippen LogP contribution in [0, 0.1) is 0 Å². The molecule has 0 bridgehead atoms. The summed E-state index contributed by atoms with van der Waals surface area (Å²) in [5.41, 5.74) is 6.56. The number of carbonyl (C=O) groups excluding carboxylic acids is 7. The smallest absolute Gasteiger partial charge is 0.160 e. The topological polar surface area (TPSA) is 175 Å². The van der Waals surface area contributed by atoms with Gasteiger partial charge in [0.15, 0.2) is 46.2 Å². The Kier molecular flexibility index (Phi) is 31.2. The first-order valence-corrected chi connectivity index (χ1v) is 25.8. The van der Waals surface area contributed by atoms with Crippen LogP contribution in [0.1, 0.15) is 159 Å². The minimum atomic E-state index is -0.152. The summed E-state index contributed by atoms with van der Waals surface area (Å²) in [6, 6.07) is 42.0. The Morgan fingerprint density at radius 2 is 0.671 bits per heavy atom. The van der Waals surface area contributed by atoms with Crippen molar-refractivity contribution in [1.82, 2.24) is 0 Å². The molecular formula is C66H78O13. The van der Waals surface area contributed by atoms with Crippen molar-refractivity contribution in [3.63, 3.8) is 0 Å². The lowest BCUT2D eigenvalue weighted by atomic mass is 9.95. The molecule has 0 atom stereocenters. The van der Waals surface area contributed by atoms with Gasteiger partial charge in [-0.25, -0.2) is 0 Å². The lowest BCUT2D eigenvalue weighted by Gasteiger charge is -2.26. The van der Waals surface area contributed by atoms with E-state index < -0.39 is 0 Å². The van der Waals surface area contributed by atoms with Crippen LogP contribution in [0.5, 0.6) is 23.0 Å². The molecule has 13 nitrogen and oxygen atoms in total. The molecule has 0 aliphatic heterocycles. The molecule has 6 aromatic carbocycles. The maximum absolute atomic E-state index is 11.2. The van der Waals surface area contributed by atoms with Crippen molar-refractivity contribution in [2.45, 2.75) is 99.2 Å². The van der Waals surface area contributed by atoms with Crippen LogP contribution in [0.2, 0.25) is 0 Å². The zero-order valence-corrected chi connectivity index (χ0v) is 48.1. The minimum Gasteiger partial charge on any atom is -0.497 e. The molecule has 1 aliphatic rings. The van der Waals surface area contributed by atoms with Crippen molar-refractivity contribution in [2.24, 2.45) is 0 Å². The molecule has 0 N–H and O–H groups in total. The van der Waals surface area contributed by atoms with E-state index in [1.165, 1.54) is 58.4 Å². The summed E-state index contributed by atoms with van der Waals surface area (Å²) < 4.78 is 30.6. The summed E-state index contributed by atoms with van der Waals surface area (Å²) in [5, 5.41) is 0. The Labute approximate surface area is 467 Å². The predicted octanol–water partition coefficient (Wildman–Crippen LogP) is 14.0. The zero-order valence-electron chi connectivity index (χ0n) is 48.1. The third kappa shape index (κ3) is 26.2. The molecule has 7 rings (SSSR count). The summed E-state index contributed by atoms with van der Waals surface area (Å²) in [7, 11) is 10.1. The number of carbonyl (C=O) groups is 7. The molecule has 1 saturated carbocycles. The van der Waals surface area contributed by atoms with Gasteiger partial charge in [-0.05, 0) is 152 Å². The van der Waals surface area contributed by atoms with Gasteiger partial charge in [0.1, 0.15) is 17.3 Å². The van der Waals surface area contributed by atoms with Gasteiger partial charge in [0.25, 0.3) is 0 Å². The first-order valence-electron chi connectivity index (χ1n) is 25.8. The highest BCUT2D eigenvalue weighted by atomic mass is 16.5. The molecule has 1 aliphatic carbocycles. The van der Waals surface area contributed by atoms with Gasteiger partial charge in [0.2, 0.25) is 0 Å². The third-order valence-electron chi connectivity index (χ3n) is 12.3. The fourth-order valence-corrected chi connectivity index (χ4v) is 7.32. The highest BCUT2D eigenvalue weighted by molar-refractivity contribution is 6.04. The molecule has 6 aromatic rings. The molecular weight excluding hydrogens is 1000 g/mol. The second-order valence-corrected chi connectivity index (χ2v) is 18.2. The highest BCUT2D eigenvalue weighted by Gasteiger charge is 2.20. The Morgan fingerprint density at radius 3 is 0.937 bits per heavy atom. The number of para-hydroxylation sites is 2. The van der Waals surface area contributed by atoms with Crippen LogP contribution in [0.3, 0.4) is 0 Å². The lowest BCUT2D eigenvalue weighted by molar-refractivity contribution is -0.117. The number of Topliss-reactive ketones (excluding diaryl/α,β-unsaturated/α-hetero) is 7. The SMILES string of the molecule is CC(=O)c1cc(C(C)=O)cc(C(C)=O)c1.CC(=O)c1ccc(C(C)=O)cc1.COC1CCC(OC)CC1.COc1ccc(C=Cc2ccc(C(C)=O)cc2)cc1.COc1ccc(CCC(C)=O)cc1.COc1ccccc1OC. The molecule has 0 heterocycles. The summed E-state index contributed by atoms with van der Waals surface area (Å²) in [6.07, 6.45) is 11.1. The molecule has 0 saturated heterocycles. The standard InChI is InChI=1S/C17H16O2.C12H12O3.C11H14O2.C10H10O2.C8H16O2.C8H10O2/c1-13(18)16-9-5-14(6-10-16)3-4-15-7-11-17(19-2)12-8-15;1-7(13)10-4-11(8(2)14)6-12(5-10)9(3)15;1-9(12)3-4-10-5-7-11(13-2)8-6-10;1-7(11)9-3-5-10(6-4-9)8(2)12;1-9-7-3-5-8(10-2)6-4-7;1-9-7-5-3-4-6-8(7)10-2/h3-12H,1-2H3;4-6H,1-3H3;5-8H,3-4H2,1-2H3;3-6H,1-2H3;7-8H,3-6H2,1-2H3;3-6H,1-2H3. The van der Waals surface area contributed by atoms with Gasteiger partial charge in [-0.15, -0.1) is 0 Å². The first-order chi connectivity index (χ1) is 37.7. The van der Waals surface area contributed by atoms with E-state index in [-0.39, 0.29) is 40.5 Å². The van der Waals surface area contributed by atoms with Crippen LogP contribution in [0.15, 0.2) is 140 Å². The van der Waals surface area contributed by atoms with Gasteiger partial charge in [0.05, 0.1) is 40.6 Å². The van der Waals surface area contributed by atoms with Crippen molar-refractivity contribution < 1.29 is 62.0 Å². The molecule has 0 unspecified atom stereocenters. The number of hydrogen-bond donors (Lipinski definition) is 0. The normalized spacial score (nSPS) is 12.9. The average molecular weight is 1080 g/mol. The van der Waals surface area contributed by atoms with Gasteiger partial charge in [-0.3, -0.25) is 28.8 Å². The maximum atomic E-state index is 11.2. The number of benzene rings is 6. The van der Waals surface area contributed by atoms with Gasteiger partial charge < -0.3 is 33.2 Å². The van der Waals surface area contributed by atoms with Crippen molar-refractivity contribution >= 4 is 52.6 Å². The summed E-state index contributed by atoms with van der Waals surface area (Å²) in [5.74, 6) is 3.14. The minimum absolute atomic E-state index is 0.0186. The summed E-state index contributed by atoms with van der Waals surface area (Å²) in [6.45, 7) is 10.4. The van der Waals surface area contributed by atoms with E-state index >= 15 is 0 Å². The van der Waals surface area contributed by atoms with Crippen LogP contribution < -0.4 is 18.9 Å². The highest BCUT2D eigenvalue weighted by Crippen LogP contribution is 2.25. The summed E-state index contributed by atoms with van der Waals surface area (Å²) >= 11 is 0. The zero-order chi connectivity index (χ0) is 58.9. The number of aryl methyl sites for hydroxylation is 1. The van der Waals surface area contributed by atoms with E-state index in [0.29, 0.717) is 46.4 Å². The van der Waals surface area contributed by atoms with Crippen molar-refractivity contribution in [3.05, 3.63) is 190 Å². The lowest BCUT2D eigenvalue weighted by Crippen LogP contribution is -2.24. The predicted molar refractivity (Wildman–Crippen MR) is 313 cm³/mol. The molecule has 420 valence electrons. The first kappa shape index (κ1) is 67.0. The van der Waals surface area contributed by atoms with Crippen LogP contribution in [0.25, 0.3) is 12.2 Å². The Bertz CT molecular complexity index is 2730. The van der Waals surface area contributed by atoms with Crippen LogP contribution in [-0.2, 0) is 20.7 Å². The van der Waals surface area contributed by atoms with E-state index in [4.69, 9.17) is 28.4 Å². The Morgan fingerprint density at radius 1 is 0.380 bits per heavy atom. The van der Waals surface area contributed by atoms with Crippen molar-refractivity contribution in [3.8, 4) is 23.0 Å². The Balaban J connectivity index is 0.000000329. The number of methoxy groups -OCH3 is 6. The fraction of sp³-hybridized carbons (Fsp3) is 0.318. The van der Waals surface area contributed by atoms with Gasteiger partial charge in [-0.1, -0.05) is 97.1 Å². The molecule has 0 spiro atoms. The van der Waals surface area contributed by atoms with E-state index in [1.807, 2.05) is 109 Å². The molecule has 0 aromatic heterocycles. The van der Waals surface area contributed by atoms with E-state index in [2.05, 4.69) is 0 Å². The molecule has 1 fully saturated rings. The molecule has 79 heavy (non-hydrogen) atoms. The third-order valence-corrected chi connectivity index (χ3v) is 12.3. The largest absolute Gasteiger partial charge is 0.497 e. The maximum Gasteiger partial charge on any atom is 0.160 e. The van der Waals surface area contributed by atoms with Gasteiger partial charge >= 0.3 is 0 Å². The van der Waals surface area contributed by atoms with E-state index in [0.717, 1.165) is 71.8 Å². The number of rotatable bonds is 17. The second-order valence-electron chi connectivity index (χ2n) is 18.2.